The summed E-state index contributed by atoms with van der Waals surface area (Å²) in [5.41, 5.74) is 8.27. The molecular formula is C15H14N2O. The number of hydrogen-bond acceptors (Lipinski definition) is 3. The van der Waals surface area contributed by atoms with Crippen LogP contribution >= 0.6 is 0 Å². The normalized spacial score (nSPS) is 11.6. The Morgan fingerprint density at radius 3 is 2.61 bits per heavy atom. The summed E-state index contributed by atoms with van der Waals surface area (Å²) in [7, 11) is 1.61. The van der Waals surface area contributed by atoms with Crippen molar-refractivity contribution in [2.75, 3.05) is 12.8 Å². The molecule has 0 spiro atoms. The average Bonchev–Trinajstić information content (AvgIpc) is 2.42. The first-order valence-corrected chi connectivity index (χ1v) is 5.64. The minimum absolute atomic E-state index is 0.374. The lowest BCUT2D eigenvalue weighted by molar-refractivity contribution is 0.414. The smallest absolute Gasteiger partial charge is 0.119 e. The lowest BCUT2D eigenvalue weighted by Gasteiger charge is -2.13. The van der Waals surface area contributed by atoms with E-state index in [1.165, 1.54) is 0 Å². The highest BCUT2D eigenvalue weighted by atomic mass is 16.5. The topological polar surface area (TPSA) is 59.0 Å². The summed E-state index contributed by atoms with van der Waals surface area (Å²) in [5, 5.41) is 9.37. The number of benzene rings is 2. The van der Waals surface area contributed by atoms with Gasteiger partial charge in [-0.3, -0.25) is 0 Å². The molecule has 0 aliphatic rings. The van der Waals surface area contributed by atoms with Gasteiger partial charge in [0.2, 0.25) is 0 Å². The molecular weight excluding hydrogens is 224 g/mol. The second-order valence-corrected chi connectivity index (χ2v) is 3.97. The van der Waals surface area contributed by atoms with E-state index in [2.05, 4.69) is 6.07 Å². The summed E-state index contributed by atoms with van der Waals surface area (Å²) >= 11 is 0. The van der Waals surface area contributed by atoms with Crippen LogP contribution in [0.3, 0.4) is 0 Å². The molecule has 18 heavy (non-hydrogen) atoms. The van der Waals surface area contributed by atoms with E-state index in [0.29, 0.717) is 5.69 Å². The molecule has 1 atom stereocenters. The maximum absolute atomic E-state index is 9.37. The van der Waals surface area contributed by atoms with Crippen molar-refractivity contribution in [3.63, 3.8) is 0 Å². The third kappa shape index (κ3) is 2.28. The molecule has 0 aromatic heterocycles. The lowest BCUT2D eigenvalue weighted by atomic mass is 9.91. The summed E-state index contributed by atoms with van der Waals surface area (Å²) < 4.78 is 5.17. The molecule has 2 N–H and O–H groups in total. The summed E-state index contributed by atoms with van der Waals surface area (Å²) in [6, 6.07) is 17.2. The minimum Gasteiger partial charge on any atom is -0.497 e. The molecule has 0 aliphatic carbocycles. The first-order chi connectivity index (χ1) is 8.76. The fourth-order valence-electron chi connectivity index (χ4n) is 1.92. The predicted octanol–water partition coefficient (Wildman–Crippen LogP) is 2.93. The Balaban J connectivity index is 2.46. The number of para-hydroxylation sites is 1. The molecule has 0 saturated carbocycles. The number of ether oxygens (including phenoxy) is 1. The summed E-state index contributed by atoms with van der Waals surface area (Å²) in [6.45, 7) is 0. The molecule has 90 valence electrons. The second-order valence-electron chi connectivity index (χ2n) is 3.97. The molecule has 0 radical (unpaired) electrons. The van der Waals surface area contributed by atoms with E-state index in [-0.39, 0.29) is 5.92 Å². The summed E-state index contributed by atoms with van der Waals surface area (Å²) in [4.78, 5) is 0. The van der Waals surface area contributed by atoms with Crippen LogP contribution in [0.15, 0.2) is 48.5 Å². The van der Waals surface area contributed by atoms with Crippen molar-refractivity contribution in [2.24, 2.45) is 0 Å². The molecule has 3 heteroatoms. The minimum atomic E-state index is -0.374. The van der Waals surface area contributed by atoms with Gasteiger partial charge < -0.3 is 10.5 Å². The molecule has 2 aromatic carbocycles. The fraction of sp³-hybridized carbons (Fsp3) is 0.133. The van der Waals surface area contributed by atoms with E-state index < -0.39 is 0 Å². The van der Waals surface area contributed by atoms with Crippen LogP contribution < -0.4 is 10.5 Å². The first-order valence-electron chi connectivity index (χ1n) is 5.64. The van der Waals surface area contributed by atoms with Crippen LogP contribution in [0, 0.1) is 11.3 Å². The Morgan fingerprint density at radius 2 is 1.94 bits per heavy atom. The Kier molecular flexibility index (Phi) is 3.49. The van der Waals surface area contributed by atoms with E-state index in [1.807, 2.05) is 42.5 Å². The Labute approximate surface area is 106 Å². The van der Waals surface area contributed by atoms with Crippen molar-refractivity contribution in [3.8, 4) is 11.8 Å². The van der Waals surface area contributed by atoms with Crippen molar-refractivity contribution in [3.05, 3.63) is 59.7 Å². The number of methoxy groups -OCH3 is 1. The van der Waals surface area contributed by atoms with E-state index in [0.717, 1.165) is 16.9 Å². The number of hydrogen-bond donors (Lipinski definition) is 1. The number of anilines is 1. The van der Waals surface area contributed by atoms with Crippen molar-refractivity contribution in [1.29, 1.82) is 5.26 Å². The van der Waals surface area contributed by atoms with Gasteiger partial charge in [0.25, 0.3) is 0 Å². The van der Waals surface area contributed by atoms with Gasteiger partial charge in [0.1, 0.15) is 5.75 Å². The molecule has 2 aromatic rings. The Hall–Kier alpha value is -2.47. The number of rotatable bonds is 3. The molecule has 0 amide bonds. The maximum atomic E-state index is 9.37. The monoisotopic (exact) mass is 238 g/mol. The van der Waals surface area contributed by atoms with Crippen molar-refractivity contribution in [2.45, 2.75) is 5.92 Å². The van der Waals surface area contributed by atoms with Gasteiger partial charge in [0.05, 0.1) is 19.1 Å². The zero-order valence-corrected chi connectivity index (χ0v) is 10.1. The molecule has 0 aliphatic heterocycles. The number of nitrogens with zero attached hydrogens (tertiary/aromatic N) is 1. The zero-order valence-electron chi connectivity index (χ0n) is 10.1. The standard InChI is InChI=1S/C15H14N2O/c1-18-12-6-4-5-11(9-12)14(10-16)13-7-2-3-8-15(13)17/h2-9,14H,17H2,1H3. The van der Waals surface area contributed by atoms with Crippen LogP contribution in [0.2, 0.25) is 0 Å². The van der Waals surface area contributed by atoms with Gasteiger partial charge in [-0.1, -0.05) is 30.3 Å². The quantitative estimate of drug-likeness (QED) is 0.836. The van der Waals surface area contributed by atoms with E-state index in [1.54, 1.807) is 13.2 Å². The second kappa shape index (κ2) is 5.24. The number of nitriles is 1. The van der Waals surface area contributed by atoms with E-state index in [9.17, 15) is 5.26 Å². The van der Waals surface area contributed by atoms with Crippen molar-refractivity contribution in [1.82, 2.24) is 0 Å². The van der Waals surface area contributed by atoms with Crippen LogP contribution in [0.4, 0.5) is 5.69 Å². The molecule has 0 bridgehead atoms. The third-order valence-corrected chi connectivity index (χ3v) is 2.86. The maximum Gasteiger partial charge on any atom is 0.119 e. The van der Waals surface area contributed by atoms with Gasteiger partial charge in [0, 0.05) is 5.69 Å². The van der Waals surface area contributed by atoms with Crippen LogP contribution in [-0.4, -0.2) is 7.11 Å². The summed E-state index contributed by atoms with van der Waals surface area (Å²) in [6.07, 6.45) is 0. The predicted molar refractivity (Wildman–Crippen MR) is 71.3 cm³/mol. The number of nitrogens with two attached hydrogens (primary N) is 1. The number of nitrogen functional groups attached to an aromatic ring is 1. The van der Waals surface area contributed by atoms with Crippen molar-refractivity contribution < 1.29 is 4.74 Å². The third-order valence-electron chi connectivity index (χ3n) is 2.86. The van der Waals surface area contributed by atoms with Crippen LogP contribution in [0.25, 0.3) is 0 Å². The van der Waals surface area contributed by atoms with E-state index >= 15 is 0 Å². The molecule has 0 fully saturated rings. The first kappa shape index (κ1) is 12.0. The van der Waals surface area contributed by atoms with Crippen LogP contribution in [0.5, 0.6) is 5.75 Å². The molecule has 1 unspecified atom stereocenters. The highest BCUT2D eigenvalue weighted by Crippen LogP contribution is 2.29. The van der Waals surface area contributed by atoms with Crippen LogP contribution in [0.1, 0.15) is 17.0 Å². The van der Waals surface area contributed by atoms with Gasteiger partial charge >= 0.3 is 0 Å². The molecule has 0 saturated heterocycles. The zero-order chi connectivity index (χ0) is 13.0. The lowest BCUT2D eigenvalue weighted by Crippen LogP contribution is -2.02. The fourth-order valence-corrected chi connectivity index (χ4v) is 1.92. The highest BCUT2D eigenvalue weighted by molar-refractivity contribution is 5.54. The van der Waals surface area contributed by atoms with Gasteiger partial charge in [-0.25, -0.2) is 0 Å². The molecule has 3 nitrogen and oxygen atoms in total. The van der Waals surface area contributed by atoms with Gasteiger partial charge in [-0.2, -0.15) is 5.26 Å². The Bertz CT molecular complexity index is 587. The highest BCUT2D eigenvalue weighted by Gasteiger charge is 2.16. The van der Waals surface area contributed by atoms with Crippen molar-refractivity contribution >= 4 is 5.69 Å². The summed E-state index contributed by atoms with van der Waals surface area (Å²) in [5.74, 6) is 0.364. The van der Waals surface area contributed by atoms with Gasteiger partial charge in [-0.05, 0) is 29.3 Å². The van der Waals surface area contributed by atoms with Gasteiger partial charge in [-0.15, -0.1) is 0 Å². The molecule has 2 rings (SSSR count). The van der Waals surface area contributed by atoms with Gasteiger partial charge in [0.15, 0.2) is 0 Å². The average molecular weight is 238 g/mol. The van der Waals surface area contributed by atoms with E-state index in [4.69, 9.17) is 10.5 Å². The van der Waals surface area contributed by atoms with Crippen LogP contribution in [-0.2, 0) is 0 Å². The largest absolute Gasteiger partial charge is 0.497 e. The Morgan fingerprint density at radius 1 is 1.17 bits per heavy atom. The SMILES string of the molecule is COc1cccc(C(C#N)c2ccccc2N)c1. The molecule has 0 heterocycles.